The van der Waals surface area contributed by atoms with Crippen molar-refractivity contribution in [3.05, 3.63) is 24.3 Å². The van der Waals surface area contributed by atoms with Crippen molar-refractivity contribution in [2.75, 3.05) is 23.7 Å². The minimum Gasteiger partial charge on any atom is -0.390 e. The molecule has 0 amide bonds. The topological polar surface area (TPSA) is 57.6 Å². The van der Waals surface area contributed by atoms with Gasteiger partial charge >= 0.3 is 0 Å². The van der Waals surface area contributed by atoms with E-state index in [-0.39, 0.29) is 5.75 Å². The van der Waals surface area contributed by atoms with Crippen molar-refractivity contribution in [2.24, 2.45) is 0 Å². The molecule has 1 aromatic rings. The third-order valence-electron chi connectivity index (χ3n) is 4.00. The highest BCUT2D eigenvalue weighted by molar-refractivity contribution is 7.91. The molecule has 1 aromatic carbocycles. The maximum absolute atomic E-state index is 11.8. The molecule has 2 rings (SSSR count). The maximum Gasteiger partial charge on any atom is 0.178 e. The molecule has 5 heteroatoms. The molecule has 112 valence electrons. The Labute approximate surface area is 121 Å². The summed E-state index contributed by atoms with van der Waals surface area (Å²) in [7, 11) is -3.13. The number of rotatable bonds is 3. The largest absolute Gasteiger partial charge is 0.390 e. The third kappa shape index (κ3) is 3.52. The van der Waals surface area contributed by atoms with Gasteiger partial charge in [-0.3, -0.25) is 0 Å². The van der Waals surface area contributed by atoms with Crippen molar-refractivity contribution in [2.45, 2.75) is 43.6 Å². The van der Waals surface area contributed by atoms with Crippen molar-refractivity contribution >= 4 is 15.5 Å². The van der Waals surface area contributed by atoms with Crippen molar-refractivity contribution < 1.29 is 13.5 Å². The van der Waals surface area contributed by atoms with E-state index in [1.165, 1.54) is 0 Å². The van der Waals surface area contributed by atoms with Gasteiger partial charge in [0.2, 0.25) is 0 Å². The van der Waals surface area contributed by atoms with Gasteiger partial charge in [-0.25, -0.2) is 8.42 Å². The molecular formula is C15H23NO3S. The minimum absolute atomic E-state index is 0.124. The number of anilines is 1. The summed E-state index contributed by atoms with van der Waals surface area (Å²) in [5.41, 5.74) is 0.443. The van der Waals surface area contributed by atoms with E-state index in [0.717, 1.165) is 38.0 Å². The summed E-state index contributed by atoms with van der Waals surface area (Å²) in [6.45, 7) is 5.23. The van der Waals surface area contributed by atoms with E-state index >= 15 is 0 Å². The normalized spacial score (nSPS) is 24.4. The molecule has 0 bridgehead atoms. The summed E-state index contributed by atoms with van der Waals surface area (Å²) in [5.74, 6) is 0.124. The first-order valence-corrected chi connectivity index (χ1v) is 8.79. The molecule has 0 aliphatic carbocycles. The Hall–Kier alpha value is -1.07. The van der Waals surface area contributed by atoms with Gasteiger partial charge < -0.3 is 10.0 Å². The summed E-state index contributed by atoms with van der Waals surface area (Å²) in [6.07, 6.45) is 2.50. The van der Waals surface area contributed by atoms with Crippen molar-refractivity contribution in [3.63, 3.8) is 0 Å². The Morgan fingerprint density at radius 1 is 1.20 bits per heavy atom. The standard InChI is InChI=1S/C15H23NO3S/c1-3-20(18,19)14-7-5-13(6-8-14)16-11-4-9-15(2,17)10-12-16/h5-8,17H,3-4,9-12H2,1-2H3. The van der Waals surface area contributed by atoms with Crippen molar-refractivity contribution in [1.29, 1.82) is 0 Å². The monoisotopic (exact) mass is 297 g/mol. The van der Waals surface area contributed by atoms with E-state index < -0.39 is 15.4 Å². The second-order valence-electron chi connectivity index (χ2n) is 5.73. The van der Waals surface area contributed by atoms with Crippen LogP contribution in [0.1, 0.15) is 33.1 Å². The second-order valence-corrected chi connectivity index (χ2v) is 8.01. The third-order valence-corrected chi connectivity index (χ3v) is 5.76. The summed E-state index contributed by atoms with van der Waals surface area (Å²) < 4.78 is 23.6. The van der Waals surface area contributed by atoms with E-state index in [1.807, 2.05) is 19.1 Å². The molecule has 20 heavy (non-hydrogen) atoms. The Bertz CT molecular complexity index is 549. The molecule has 1 atom stereocenters. The molecular weight excluding hydrogens is 274 g/mol. The average molecular weight is 297 g/mol. The number of sulfone groups is 1. The Morgan fingerprint density at radius 3 is 2.45 bits per heavy atom. The lowest BCUT2D eigenvalue weighted by Gasteiger charge is -2.24. The van der Waals surface area contributed by atoms with Crippen LogP contribution in [0.5, 0.6) is 0 Å². The molecule has 1 aliphatic rings. The molecule has 1 unspecified atom stereocenters. The smallest absolute Gasteiger partial charge is 0.178 e. The lowest BCUT2D eigenvalue weighted by molar-refractivity contribution is 0.0481. The number of nitrogens with zero attached hydrogens (tertiary/aromatic N) is 1. The zero-order valence-electron chi connectivity index (χ0n) is 12.2. The predicted octanol–water partition coefficient (Wildman–Crippen LogP) is 2.22. The number of aliphatic hydroxyl groups is 1. The summed E-state index contributed by atoms with van der Waals surface area (Å²) in [4.78, 5) is 2.59. The van der Waals surface area contributed by atoms with Crippen LogP contribution in [0.3, 0.4) is 0 Å². The molecule has 1 saturated heterocycles. The Morgan fingerprint density at radius 2 is 1.85 bits per heavy atom. The molecule has 0 radical (unpaired) electrons. The molecule has 1 heterocycles. The highest BCUT2D eigenvalue weighted by Gasteiger charge is 2.25. The van der Waals surface area contributed by atoms with Crippen LogP contribution in [0, 0.1) is 0 Å². The number of hydrogen-bond donors (Lipinski definition) is 1. The average Bonchev–Trinajstić information content (AvgIpc) is 2.60. The molecule has 4 nitrogen and oxygen atoms in total. The van der Waals surface area contributed by atoms with Gasteiger partial charge in [0.15, 0.2) is 9.84 Å². The highest BCUT2D eigenvalue weighted by Crippen LogP contribution is 2.26. The van der Waals surface area contributed by atoms with Crippen LogP contribution in [0.2, 0.25) is 0 Å². The maximum atomic E-state index is 11.8. The fourth-order valence-corrected chi connectivity index (χ4v) is 3.44. The number of hydrogen-bond acceptors (Lipinski definition) is 4. The van der Waals surface area contributed by atoms with Crippen LogP contribution in [-0.4, -0.2) is 38.0 Å². The van der Waals surface area contributed by atoms with Crippen LogP contribution in [-0.2, 0) is 9.84 Å². The first kappa shape index (κ1) is 15.3. The van der Waals surface area contributed by atoms with Gasteiger partial charge in [-0.05, 0) is 50.5 Å². The number of benzene rings is 1. The molecule has 0 saturated carbocycles. The SMILES string of the molecule is CCS(=O)(=O)c1ccc(N2CCCC(C)(O)CC2)cc1. The fourth-order valence-electron chi connectivity index (χ4n) is 2.55. The zero-order chi connectivity index (χ0) is 14.8. The Kier molecular flexibility index (Phi) is 4.39. The summed E-state index contributed by atoms with van der Waals surface area (Å²) >= 11 is 0. The van der Waals surface area contributed by atoms with Gasteiger partial charge in [0.05, 0.1) is 16.2 Å². The molecule has 1 N–H and O–H groups in total. The van der Waals surface area contributed by atoms with Gasteiger partial charge in [0, 0.05) is 18.8 Å². The first-order chi connectivity index (χ1) is 9.34. The quantitative estimate of drug-likeness (QED) is 0.929. The van der Waals surface area contributed by atoms with E-state index in [0.29, 0.717) is 4.90 Å². The van der Waals surface area contributed by atoms with E-state index in [9.17, 15) is 13.5 Å². The second kappa shape index (κ2) is 5.74. The van der Waals surface area contributed by atoms with Crippen LogP contribution < -0.4 is 4.90 Å². The van der Waals surface area contributed by atoms with Gasteiger partial charge in [-0.15, -0.1) is 0 Å². The zero-order valence-corrected chi connectivity index (χ0v) is 13.0. The molecule has 0 aromatic heterocycles. The van der Waals surface area contributed by atoms with Gasteiger partial charge in [-0.2, -0.15) is 0 Å². The lowest BCUT2D eigenvalue weighted by Crippen LogP contribution is -2.28. The van der Waals surface area contributed by atoms with Crippen LogP contribution in [0.4, 0.5) is 5.69 Å². The predicted molar refractivity (Wildman–Crippen MR) is 80.9 cm³/mol. The fraction of sp³-hybridized carbons (Fsp3) is 0.600. The van der Waals surface area contributed by atoms with E-state index in [2.05, 4.69) is 4.90 Å². The Balaban J connectivity index is 2.14. The van der Waals surface area contributed by atoms with E-state index in [1.54, 1.807) is 19.1 Å². The van der Waals surface area contributed by atoms with Crippen molar-refractivity contribution in [3.8, 4) is 0 Å². The van der Waals surface area contributed by atoms with Crippen LogP contribution in [0.25, 0.3) is 0 Å². The van der Waals surface area contributed by atoms with Gasteiger partial charge in [0.25, 0.3) is 0 Å². The van der Waals surface area contributed by atoms with E-state index in [4.69, 9.17) is 0 Å². The molecule has 0 spiro atoms. The van der Waals surface area contributed by atoms with Crippen LogP contribution in [0.15, 0.2) is 29.2 Å². The first-order valence-electron chi connectivity index (χ1n) is 7.14. The lowest BCUT2D eigenvalue weighted by atomic mass is 9.98. The van der Waals surface area contributed by atoms with Crippen LogP contribution >= 0.6 is 0 Å². The summed E-state index contributed by atoms with van der Waals surface area (Å²) in [6, 6.07) is 7.08. The summed E-state index contributed by atoms with van der Waals surface area (Å²) in [5, 5.41) is 10.1. The van der Waals surface area contributed by atoms with Crippen molar-refractivity contribution in [1.82, 2.24) is 0 Å². The van der Waals surface area contributed by atoms with Gasteiger partial charge in [-0.1, -0.05) is 6.92 Å². The highest BCUT2D eigenvalue weighted by atomic mass is 32.2. The minimum atomic E-state index is -3.13. The molecule has 1 fully saturated rings. The van der Waals surface area contributed by atoms with Gasteiger partial charge in [0.1, 0.15) is 0 Å². The molecule has 1 aliphatic heterocycles.